The average Bonchev–Trinajstić information content (AvgIpc) is 3.19. The first-order valence-electron chi connectivity index (χ1n) is 7.67. The fraction of sp³-hybridized carbons (Fsp3) is 0.111. The molecular weight excluding hydrogens is 360 g/mol. The van der Waals surface area contributed by atoms with Crippen LogP contribution in [0.15, 0.2) is 42.1 Å². The van der Waals surface area contributed by atoms with Crippen LogP contribution < -0.4 is 24.4 Å². The summed E-state index contributed by atoms with van der Waals surface area (Å²) in [5.41, 5.74) is 1.14. The number of hydrogen-bond acceptors (Lipinski definition) is 5. The highest BCUT2D eigenvalue weighted by atomic mass is 35.5. The van der Waals surface area contributed by atoms with Crippen molar-refractivity contribution in [3.05, 3.63) is 52.7 Å². The van der Waals surface area contributed by atoms with Crippen LogP contribution in [-0.2, 0) is 4.79 Å². The van der Waals surface area contributed by atoms with Gasteiger partial charge in [-0.15, -0.1) is 0 Å². The smallest absolute Gasteiger partial charge is 0.333 e. The maximum absolute atomic E-state index is 12.7. The molecule has 26 heavy (non-hydrogen) atoms. The second kappa shape index (κ2) is 6.27. The Labute approximate surface area is 153 Å². The summed E-state index contributed by atoms with van der Waals surface area (Å²) < 4.78 is 16.0. The van der Waals surface area contributed by atoms with Crippen molar-refractivity contribution in [3.63, 3.8) is 0 Å². The normalized spacial score (nSPS) is 17.0. The summed E-state index contributed by atoms with van der Waals surface area (Å²) in [6.45, 7) is 0.124. The van der Waals surface area contributed by atoms with E-state index in [1.165, 1.54) is 13.2 Å². The molecule has 0 aromatic heterocycles. The lowest BCUT2D eigenvalue weighted by Gasteiger charge is -2.11. The Morgan fingerprint density at radius 3 is 2.54 bits per heavy atom. The van der Waals surface area contributed by atoms with Gasteiger partial charge in [0.1, 0.15) is 11.4 Å². The van der Waals surface area contributed by atoms with Crippen molar-refractivity contribution in [3.8, 4) is 17.2 Å². The lowest BCUT2D eigenvalue weighted by Crippen LogP contribution is -2.30. The van der Waals surface area contributed by atoms with Gasteiger partial charge in [-0.2, -0.15) is 0 Å². The third-order valence-electron chi connectivity index (χ3n) is 3.99. The van der Waals surface area contributed by atoms with E-state index < -0.39 is 11.9 Å². The van der Waals surface area contributed by atoms with Gasteiger partial charge in [-0.3, -0.25) is 4.79 Å². The van der Waals surface area contributed by atoms with Gasteiger partial charge in [0, 0.05) is 16.7 Å². The highest BCUT2D eigenvalue weighted by Gasteiger charge is 2.35. The molecule has 2 aromatic rings. The van der Waals surface area contributed by atoms with Crippen molar-refractivity contribution in [1.82, 2.24) is 5.32 Å². The molecule has 132 valence electrons. The third kappa shape index (κ3) is 2.72. The van der Waals surface area contributed by atoms with Gasteiger partial charge in [0.05, 0.1) is 12.8 Å². The molecule has 1 fully saturated rings. The predicted molar refractivity (Wildman–Crippen MR) is 94.6 cm³/mol. The molecule has 7 nitrogen and oxygen atoms in total. The van der Waals surface area contributed by atoms with Crippen LogP contribution in [-0.4, -0.2) is 25.8 Å². The van der Waals surface area contributed by atoms with Crippen LogP contribution in [0.3, 0.4) is 0 Å². The van der Waals surface area contributed by atoms with E-state index in [2.05, 4.69) is 5.32 Å². The zero-order valence-electron chi connectivity index (χ0n) is 13.6. The van der Waals surface area contributed by atoms with E-state index in [1.54, 1.807) is 36.4 Å². The van der Waals surface area contributed by atoms with Crippen molar-refractivity contribution in [2.75, 3.05) is 18.8 Å². The largest absolute Gasteiger partial charge is 0.496 e. The molecule has 0 saturated carbocycles. The minimum absolute atomic E-state index is 0.124. The van der Waals surface area contributed by atoms with Crippen molar-refractivity contribution in [2.45, 2.75) is 0 Å². The summed E-state index contributed by atoms with van der Waals surface area (Å²) >= 11 is 5.86. The number of amides is 3. The van der Waals surface area contributed by atoms with Gasteiger partial charge < -0.3 is 19.5 Å². The van der Waals surface area contributed by atoms with Crippen LogP contribution in [0.5, 0.6) is 17.2 Å². The van der Waals surface area contributed by atoms with Gasteiger partial charge in [0.2, 0.25) is 6.79 Å². The number of carbonyl (C=O) groups excluding carboxylic acids is 2. The van der Waals surface area contributed by atoms with Gasteiger partial charge in [0.15, 0.2) is 11.5 Å². The summed E-state index contributed by atoms with van der Waals surface area (Å²) in [7, 11) is 1.51. The second-order valence-electron chi connectivity index (χ2n) is 5.55. The number of halogens is 1. The number of nitrogens with zero attached hydrogens (tertiary/aromatic N) is 1. The van der Waals surface area contributed by atoms with Crippen molar-refractivity contribution >= 4 is 35.3 Å². The Balaban J connectivity index is 1.70. The molecule has 4 rings (SSSR count). The number of urea groups is 1. The molecule has 0 bridgehead atoms. The minimum atomic E-state index is -0.539. The molecular formula is C18H13ClN2O5. The molecule has 0 unspecified atom stereocenters. The zero-order chi connectivity index (χ0) is 18.3. The summed E-state index contributed by atoms with van der Waals surface area (Å²) in [6, 6.07) is 9.25. The molecule has 3 amide bonds. The number of ether oxygens (including phenoxy) is 3. The van der Waals surface area contributed by atoms with Crippen LogP contribution in [0.2, 0.25) is 5.02 Å². The number of benzene rings is 2. The summed E-state index contributed by atoms with van der Waals surface area (Å²) in [4.78, 5) is 26.0. The van der Waals surface area contributed by atoms with Crippen molar-refractivity contribution in [1.29, 1.82) is 0 Å². The van der Waals surface area contributed by atoms with Crippen LogP contribution in [0, 0.1) is 0 Å². The standard InChI is InChI=1S/C18H13ClN2O5/c1-24-14-8-16-15(25-9-26-16)7-10(14)6-13-17(22)21(18(23)20-13)12-4-2-11(19)3-5-12/h2-8H,9H2,1H3,(H,20,23). The number of imide groups is 1. The Kier molecular flexibility index (Phi) is 3.93. The van der Waals surface area contributed by atoms with E-state index in [4.69, 9.17) is 25.8 Å². The number of hydrogen-bond donors (Lipinski definition) is 1. The highest BCUT2D eigenvalue weighted by Crippen LogP contribution is 2.39. The number of anilines is 1. The molecule has 0 spiro atoms. The van der Waals surface area contributed by atoms with Gasteiger partial charge in [-0.1, -0.05) is 11.6 Å². The molecule has 2 aliphatic heterocycles. The van der Waals surface area contributed by atoms with E-state index >= 15 is 0 Å². The molecule has 0 atom stereocenters. The van der Waals surface area contributed by atoms with Crippen LogP contribution in [0.1, 0.15) is 5.56 Å². The monoisotopic (exact) mass is 372 g/mol. The number of methoxy groups -OCH3 is 1. The minimum Gasteiger partial charge on any atom is -0.496 e. The number of rotatable bonds is 3. The van der Waals surface area contributed by atoms with E-state index in [1.807, 2.05) is 0 Å². The molecule has 0 radical (unpaired) electrons. The highest BCUT2D eigenvalue weighted by molar-refractivity contribution is 6.31. The predicted octanol–water partition coefficient (Wildman–Crippen LogP) is 3.17. The maximum atomic E-state index is 12.7. The Bertz CT molecular complexity index is 939. The number of fused-ring (bicyclic) bond motifs is 1. The lowest BCUT2D eigenvalue weighted by atomic mass is 10.1. The molecule has 1 N–H and O–H groups in total. The van der Waals surface area contributed by atoms with Crippen LogP contribution in [0.4, 0.5) is 10.5 Å². The van der Waals surface area contributed by atoms with Crippen molar-refractivity contribution in [2.24, 2.45) is 0 Å². The molecule has 2 heterocycles. The molecule has 1 saturated heterocycles. The summed E-state index contributed by atoms with van der Waals surface area (Å²) in [6.07, 6.45) is 1.54. The fourth-order valence-corrected chi connectivity index (χ4v) is 2.87. The molecule has 0 aliphatic carbocycles. The van der Waals surface area contributed by atoms with Gasteiger partial charge in [-0.25, -0.2) is 9.69 Å². The zero-order valence-corrected chi connectivity index (χ0v) is 14.4. The molecule has 8 heteroatoms. The Hall–Kier alpha value is -3.19. The second-order valence-corrected chi connectivity index (χ2v) is 5.99. The van der Waals surface area contributed by atoms with Crippen molar-refractivity contribution < 1.29 is 23.8 Å². The first-order valence-corrected chi connectivity index (χ1v) is 8.05. The molecule has 2 aromatic carbocycles. The van der Waals surface area contributed by atoms with E-state index in [9.17, 15) is 9.59 Å². The fourth-order valence-electron chi connectivity index (χ4n) is 2.74. The van der Waals surface area contributed by atoms with Crippen LogP contribution in [0.25, 0.3) is 6.08 Å². The number of carbonyl (C=O) groups is 2. The average molecular weight is 373 g/mol. The Morgan fingerprint density at radius 1 is 1.15 bits per heavy atom. The van der Waals surface area contributed by atoms with Gasteiger partial charge >= 0.3 is 6.03 Å². The van der Waals surface area contributed by atoms with Gasteiger partial charge in [0.25, 0.3) is 5.91 Å². The third-order valence-corrected chi connectivity index (χ3v) is 4.24. The maximum Gasteiger partial charge on any atom is 0.333 e. The van der Waals surface area contributed by atoms with E-state index in [0.717, 1.165) is 4.90 Å². The van der Waals surface area contributed by atoms with E-state index in [0.29, 0.717) is 33.5 Å². The summed E-state index contributed by atoms with van der Waals surface area (Å²) in [5.74, 6) is 1.13. The van der Waals surface area contributed by atoms with E-state index in [-0.39, 0.29) is 12.5 Å². The summed E-state index contributed by atoms with van der Waals surface area (Å²) in [5, 5.41) is 3.09. The quantitative estimate of drug-likeness (QED) is 0.661. The first kappa shape index (κ1) is 16.3. The topological polar surface area (TPSA) is 77.1 Å². The molecule has 2 aliphatic rings. The van der Waals surface area contributed by atoms with Gasteiger partial charge in [-0.05, 0) is 36.4 Å². The van der Waals surface area contributed by atoms with Crippen LogP contribution >= 0.6 is 11.6 Å². The number of nitrogens with one attached hydrogen (secondary N) is 1. The SMILES string of the molecule is COc1cc2c(cc1C=C1NC(=O)N(c3ccc(Cl)cc3)C1=O)OCO2. The first-order chi connectivity index (χ1) is 12.6. The lowest BCUT2D eigenvalue weighted by molar-refractivity contribution is -0.113. The Morgan fingerprint density at radius 2 is 1.85 bits per heavy atom.